The van der Waals surface area contributed by atoms with E-state index < -0.39 is 17.4 Å². The molecule has 2 aliphatic rings. The number of rotatable bonds is 6. The number of halogens is 2. The van der Waals surface area contributed by atoms with E-state index in [-0.39, 0.29) is 38.0 Å². The van der Waals surface area contributed by atoms with Gasteiger partial charge in [0.05, 0.1) is 0 Å². The standard InChI is InChI=1S/2C7H9O.2CH3.2ClH.H2Si.Zr/c2*8-6-5-7-3-1-2-4-7;;;;;;/h2*1,3,8H,2,5-6H2;2*1H3;2*1H;1H2;. The molecular weight excluding hydrogens is 414 g/mol. The molecule has 0 spiro atoms. The second kappa shape index (κ2) is 8.60. The number of aliphatic hydroxyl groups is 2. The van der Waals surface area contributed by atoms with Gasteiger partial charge in [0.2, 0.25) is 0 Å². The minimum atomic E-state index is -3.10. The predicted molar refractivity (Wildman–Crippen MR) is 99.7 cm³/mol. The average Bonchev–Trinajstić information content (AvgIpc) is 2.98. The summed E-state index contributed by atoms with van der Waals surface area (Å²) < 4.78 is 8.29. The summed E-state index contributed by atoms with van der Waals surface area (Å²) in [6.45, 7) is 2.72. The fourth-order valence-electron chi connectivity index (χ4n) is 3.68. The number of aliphatic hydroxyl groups excluding tert-OH is 2. The Balaban J connectivity index is 0.00000220. The van der Waals surface area contributed by atoms with Crippen LogP contribution in [0.1, 0.15) is 25.7 Å². The molecule has 0 aromatic rings. The molecular formula is C16H28Cl2O2SiZr. The fourth-order valence-corrected chi connectivity index (χ4v) is 18.9. The van der Waals surface area contributed by atoms with E-state index in [0.717, 1.165) is 25.7 Å². The molecule has 0 amide bonds. The molecule has 2 N–H and O–H groups in total. The normalized spacial score (nSPS) is 17.9. The molecule has 6 heteroatoms. The molecule has 0 aliphatic heterocycles. The maximum atomic E-state index is 9.30. The Morgan fingerprint density at radius 3 is 1.59 bits per heavy atom. The van der Waals surface area contributed by atoms with Gasteiger partial charge in [-0.15, -0.1) is 24.8 Å². The van der Waals surface area contributed by atoms with Crippen molar-refractivity contribution in [3.63, 3.8) is 0 Å². The van der Waals surface area contributed by atoms with Gasteiger partial charge in [-0.25, -0.2) is 0 Å². The summed E-state index contributed by atoms with van der Waals surface area (Å²) in [5.41, 5.74) is 2.75. The molecule has 0 saturated heterocycles. The van der Waals surface area contributed by atoms with E-state index in [2.05, 4.69) is 40.4 Å². The molecule has 0 saturated carbocycles. The van der Waals surface area contributed by atoms with Crippen molar-refractivity contribution in [2.45, 2.75) is 34.9 Å². The molecule has 126 valence electrons. The molecule has 0 aromatic carbocycles. The number of allylic oxidation sites excluding steroid dienone is 6. The SMILES string of the molecule is Cl.Cl.[CH3][Zr]([CH3])(=[SiH2])([C]1=C(CCO)C=CC1)[C]1=C(CCO)C=CC1. The van der Waals surface area contributed by atoms with E-state index in [1.54, 1.807) is 6.56 Å². The Morgan fingerprint density at radius 2 is 1.27 bits per heavy atom. The quantitative estimate of drug-likeness (QED) is 0.620. The van der Waals surface area contributed by atoms with Gasteiger partial charge in [0.25, 0.3) is 0 Å². The third-order valence-electron chi connectivity index (χ3n) is 4.76. The summed E-state index contributed by atoms with van der Waals surface area (Å²) in [6.07, 6.45) is 12.6. The van der Waals surface area contributed by atoms with Gasteiger partial charge in [0, 0.05) is 0 Å². The summed E-state index contributed by atoms with van der Waals surface area (Å²) in [6, 6.07) is 0. The molecule has 0 aromatic heterocycles. The van der Waals surface area contributed by atoms with E-state index in [1.165, 1.54) is 11.1 Å². The zero-order valence-corrected chi connectivity index (χ0v) is 19.0. The topological polar surface area (TPSA) is 40.5 Å². The van der Waals surface area contributed by atoms with Crippen molar-refractivity contribution in [2.75, 3.05) is 13.2 Å². The molecule has 2 rings (SSSR count). The van der Waals surface area contributed by atoms with E-state index in [0.29, 0.717) is 0 Å². The third-order valence-corrected chi connectivity index (χ3v) is 21.9. The third kappa shape index (κ3) is 4.34. The van der Waals surface area contributed by atoms with E-state index in [4.69, 9.17) is 0 Å². The Kier molecular flexibility index (Phi) is 8.82. The average molecular weight is 443 g/mol. The second-order valence-corrected chi connectivity index (χ2v) is 35.6. The van der Waals surface area contributed by atoms with Crippen molar-refractivity contribution < 1.29 is 27.6 Å². The van der Waals surface area contributed by atoms with Crippen molar-refractivity contribution in [1.29, 1.82) is 0 Å². The number of hydrogen-bond acceptors (Lipinski definition) is 2. The van der Waals surface area contributed by atoms with Gasteiger partial charge in [0.15, 0.2) is 0 Å². The van der Waals surface area contributed by atoms with Crippen molar-refractivity contribution in [1.82, 2.24) is 0 Å². The molecule has 0 heterocycles. The molecule has 0 unspecified atom stereocenters. The van der Waals surface area contributed by atoms with Gasteiger partial charge in [-0.2, -0.15) is 0 Å². The van der Waals surface area contributed by atoms with Gasteiger partial charge in [-0.05, 0) is 0 Å². The molecule has 0 atom stereocenters. The van der Waals surface area contributed by atoms with Crippen LogP contribution in [0.2, 0.25) is 9.26 Å². The first-order valence-electron chi connectivity index (χ1n) is 7.46. The zero-order valence-electron chi connectivity index (χ0n) is 13.5. The van der Waals surface area contributed by atoms with Crippen molar-refractivity contribution >= 4 is 31.7 Å². The van der Waals surface area contributed by atoms with Crippen LogP contribution in [0.5, 0.6) is 0 Å². The Bertz CT molecular complexity index is 551. The van der Waals surface area contributed by atoms with Crippen LogP contribution in [-0.4, -0.2) is 30.3 Å². The summed E-state index contributed by atoms with van der Waals surface area (Å²) in [7, 11) is 0. The van der Waals surface area contributed by atoms with Crippen LogP contribution in [0.3, 0.4) is 0 Å². The summed E-state index contributed by atoms with van der Waals surface area (Å²) in [5, 5.41) is 18.6. The summed E-state index contributed by atoms with van der Waals surface area (Å²) in [4.78, 5) is 0. The van der Waals surface area contributed by atoms with Crippen LogP contribution in [-0.2, 0) is 17.4 Å². The first kappa shape index (κ1) is 22.6. The zero-order chi connectivity index (χ0) is 14.8. The maximum absolute atomic E-state index is 9.30. The van der Waals surface area contributed by atoms with E-state index >= 15 is 0 Å². The molecule has 22 heavy (non-hydrogen) atoms. The van der Waals surface area contributed by atoms with Gasteiger partial charge >= 0.3 is 125 Å². The van der Waals surface area contributed by atoms with Crippen LogP contribution in [0.25, 0.3) is 0 Å². The van der Waals surface area contributed by atoms with Crippen molar-refractivity contribution in [3.05, 3.63) is 42.0 Å². The van der Waals surface area contributed by atoms with Crippen LogP contribution < -0.4 is 0 Å². The van der Waals surface area contributed by atoms with E-state index in [9.17, 15) is 10.2 Å². The minimum absolute atomic E-state index is 0. The van der Waals surface area contributed by atoms with Gasteiger partial charge in [-0.3, -0.25) is 0 Å². The Labute approximate surface area is 148 Å². The molecule has 0 fully saturated rings. The molecule has 0 bridgehead atoms. The molecule has 2 aliphatic carbocycles. The monoisotopic (exact) mass is 440 g/mol. The first-order chi connectivity index (χ1) is 9.39. The van der Waals surface area contributed by atoms with Crippen LogP contribution in [0, 0.1) is 0 Å². The second-order valence-electron chi connectivity index (χ2n) is 6.85. The molecule has 0 radical (unpaired) electrons. The van der Waals surface area contributed by atoms with E-state index in [1.807, 2.05) is 0 Å². The van der Waals surface area contributed by atoms with Crippen molar-refractivity contribution in [3.8, 4) is 0 Å². The van der Waals surface area contributed by atoms with Crippen LogP contribution in [0.4, 0.5) is 0 Å². The van der Waals surface area contributed by atoms with Gasteiger partial charge < -0.3 is 0 Å². The fraction of sp³-hybridized carbons (Fsp3) is 0.500. The van der Waals surface area contributed by atoms with Gasteiger partial charge in [0.1, 0.15) is 0 Å². The number of hydrogen-bond donors (Lipinski definition) is 2. The van der Waals surface area contributed by atoms with Crippen molar-refractivity contribution in [2.24, 2.45) is 0 Å². The summed E-state index contributed by atoms with van der Waals surface area (Å²) in [5.74, 6) is 0. The molecule has 2 nitrogen and oxygen atoms in total. The first-order valence-corrected chi connectivity index (χ1v) is 20.8. The Morgan fingerprint density at radius 1 is 0.909 bits per heavy atom. The predicted octanol–water partition coefficient (Wildman–Crippen LogP) is 3.36. The van der Waals surface area contributed by atoms with Crippen LogP contribution in [0.15, 0.2) is 42.0 Å². The van der Waals surface area contributed by atoms with Gasteiger partial charge in [-0.1, -0.05) is 0 Å². The summed E-state index contributed by atoms with van der Waals surface area (Å²) >= 11 is -3.10. The van der Waals surface area contributed by atoms with Crippen LogP contribution >= 0.6 is 24.8 Å². The Hall–Kier alpha value is 0.560.